The molecule has 0 fully saturated rings. The Balaban J connectivity index is 2.55. The normalized spacial score (nSPS) is 17.6. The third kappa shape index (κ3) is 3.52. The average Bonchev–Trinajstić information content (AvgIpc) is 2.46. The maximum atomic E-state index is 12.3. The van der Waals surface area contributed by atoms with Crippen molar-refractivity contribution in [3.8, 4) is 5.75 Å². The van der Waals surface area contributed by atoms with E-state index in [4.69, 9.17) is 21.7 Å². The zero-order chi connectivity index (χ0) is 16.3. The van der Waals surface area contributed by atoms with Crippen LogP contribution in [-0.2, 0) is 9.53 Å². The maximum Gasteiger partial charge on any atom is 0.338 e. The first-order valence-electron chi connectivity index (χ1n) is 6.76. The molecular weight excluding hydrogens is 415 g/mol. The second kappa shape index (κ2) is 7.28. The van der Waals surface area contributed by atoms with E-state index in [9.17, 15) is 4.79 Å². The van der Waals surface area contributed by atoms with E-state index in [1.807, 2.05) is 25.1 Å². The average molecular weight is 432 g/mol. The first-order valence-corrected chi connectivity index (χ1v) is 8.25. The highest BCUT2D eigenvalue weighted by molar-refractivity contribution is 14.1. The fraction of sp³-hybridized carbons (Fsp3) is 0.333. The van der Waals surface area contributed by atoms with Crippen LogP contribution in [0.2, 0.25) is 0 Å². The lowest BCUT2D eigenvalue weighted by Gasteiger charge is -2.30. The van der Waals surface area contributed by atoms with Crippen LogP contribution >= 0.6 is 34.8 Å². The van der Waals surface area contributed by atoms with Gasteiger partial charge in [-0.2, -0.15) is 0 Å². The molecule has 1 aliphatic rings. The first kappa shape index (κ1) is 17.0. The van der Waals surface area contributed by atoms with Crippen LogP contribution in [0.5, 0.6) is 5.75 Å². The Labute approximate surface area is 148 Å². The number of rotatable bonds is 4. The van der Waals surface area contributed by atoms with Crippen LogP contribution in [0.3, 0.4) is 0 Å². The molecule has 0 amide bonds. The first-order chi connectivity index (χ1) is 10.5. The van der Waals surface area contributed by atoms with Gasteiger partial charge in [-0.1, -0.05) is 0 Å². The summed E-state index contributed by atoms with van der Waals surface area (Å²) in [5.41, 5.74) is 2.05. The van der Waals surface area contributed by atoms with Crippen LogP contribution in [0.1, 0.15) is 25.5 Å². The minimum atomic E-state index is -0.405. The predicted molar refractivity (Wildman–Crippen MR) is 96.7 cm³/mol. The number of hydrogen-bond acceptors (Lipinski definition) is 4. The molecule has 0 bridgehead atoms. The number of carbonyl (C=O) groups is 1. The number of ether oxygens (including phenoxy) is 2. The van der Waals surface area contributed by atoms with Crippen molar-refractivity contribution < 1.29 is 14.3 Å². The van der Waals surface area contributed by atoms with Gasteiger partial charge in [0, 0.05) is 14.8 Å². The van der Waals surface area contributed by atoms with Gasteiger partial charge in [0.25, 0.3) is 0 Å². The molecule has 1 aliphatic heterocycles. The van der Waals surface area contributed by atoms with Crippen molar-refractivity contribution in [1.82, 2.24) is 10.6 Å². The van der Waals surface area contributed by atoms with E-state index in [2.05, 4.69) is 33.2 Å². The van der Waals surface area contributed by atoms with Gasteiger partial charge in [-0.15, -0.1) is 0 Å². The summed E-state index contributed by atoms with van der Waals surface area (Å²) in [4.78, 5) is 12.3. The Bertz CT molecular complexity index is 646. The van der Waals surface area contributed by atoms with Crippen molar-refractivity contribution in [3.05, 3.63) is 38.6 Å². The number of methoxy groups -OCH3 is 1. The van der Waals surface area contributed by atoms with Crippen LogP contribution in [0.15, 0.2) is 29.5 Å². The predicted octanol–water partition coefficient (Wildman–Crippen LogP) is 2.66. The molecule has 5 nitrogen and oxygen atoms in total. The van der Waals surface area contributed by atoms with Crippen LogP contribution < -0.4 is 15.4 Å². The van der Waals surface area contributed by atoms with E-state index in [0.29, 0.717) is 28.7 Å². The van der Waals surface area contributed by atoms with E-state index in [0.717, 1.165) is 9.13 Å². The Kier molecular flexibility index (Phi) is 5.63. The van der Waals surface area contributed by atoms with E-state index in [1.165, 1.54) is 0 Å². The van der Waals surface area contributed by atoms with Crippen molar-refractivity contribution in [1.29, 1.82) is 0 Å². The second-order valence-electron chi connectivity index (χ2n) is 4.68. The van der Waals surface area contributed by atoms with Crippen LogP contribution in [0.4, 0.5) is 0 Å². The molecule has 2 rings (SSSR count). The zero-order valence-electron chi connectivity index (χ0n) is 12.5. The molecule has 1 heterocycles. The lowest BCUT2D eigenvalue weighted by atomic mass is 9.95. The van der Waals surface area contributed by atoms with E-state index in [1.54, 1.807) is 14.0 Å². The number of thiocarbonyl (C=S) groups is 1. The van der Waals surface area contributed by atoms with Gasteiger partial charge in [-0.25, -0.2) is 4.79 Å². The van der Waals surface area contributed by atoms with Gasteiger partial charge in [0.05, 0.1) is 25.3 Å². The van der Waals surface area contributed by atoms with Gasteiger partial charge < -0.3 is 20.1 Å². The zero-order valence-corrected chi connectivity index (χ0v) is 15.5. The van der Waals surface area contributed by atoms with E-state index >= 15 is 0 Å². The highest BCUT2D eigenvalue weighted by atomic mass is 127. The summed E-state index contributed by atoms with van der Waals surface area (Å²) in [7, 11) is 1.60. The van der Waals surface area contributed by atoms with Crippen molar-refractivity contribution in [2.75, 3.05) is 13.7 Å². The van der Waals surface area contributed by atoms with Gasteiger partial charge in [-0.3, -0.25) is 0 Å². The molecule has 1 aromatic rings. The lowest BCUT2D eigenvalue weighted by molar-refractivity contribution is -0.139. The standard InChI is InChI=1S/C15H17IN2O3S/c1-4-21-14(19)12-8(2)17-15(22)18-13(12)10-7-9(16)5-6-11(10)20-3/h5-7,13H,4H2,1-3H3,(H2,17,18,22)/t13-/m0/s1. The molecule has 0 saturated carbocycles. The number of carbonyl (C=O) groups excluding carboxylic acids is 1. The molecule has 1 atom stereocenters. The summed E-state index contributed by atoms with van der Waals surface area (Å²) >= 11 is 7.45. The molecule has 0 unspecified atom stereocenters. The third-order valence-electron chi connectivity index (χ3n) is 3.27. The van der Waals surface area contributed by atoms with E-state index in [-0.39, 0.29) is 5.97 Å². The lowest BCUT2D eigenvalue weighted by Crippen LogP contribution is -2.45. The van der Waals surface area contributed by atoms with Gasteiger partial charge >= 0.3 is 5.97 Å². The fourth-order valence-electron chi connectivity index (χ4n) is 2.34. The largest absolute Gasteiger partial charge is 0.496 e. The molecule has 2 N–H and O–H groups in total. The Morgan fingerprint density at radius 1 is 1.45 bits per heavy atom. The van der Waals surface area contributed by atoms with Gasteiger partial charge in [-0.05, 0) is 66.9 Å². The molecule has 1 aromatic carbocycles. The smallest absolute Gasteiger partial charge is 0.338 e. The Hall–Kier alpha value is -1.35. The highest BCUT2D eigenvalue weighted by Gasteiger charge is 2.32. The molecule has 0 saturated heterocycles. The summed E-state index contributed by atoms with van der Waals surface area (Å²) in [6.07, 6.45) is 0. The summed E-state index contributed by atoms with van der Waals surface area (Å²) < 4.78 is 11.7. The van der Waals surface area contributed by atoms with Crippen molar-refractivity contribution >= 4 is 45.9 Å². The number of hydrogen-bond donors (Lipinski definition) is 2. The SMILES string of the molecule is CCOC(=O)C1=C(C)NC(=S)N[C@H]1c1cc(I)ccc1OC. The molecule has 118 valence electrons. The number of nitrogens with one attached hydrogen (secondary N) is 2. The van der Waals surface area contributed by atoms with Crippen molar-refractivity contribution in [3.63, 3.8) is 0 Å². The summed E-state index contributed by atoms with van der Waals surface area (Å²) in [6.45, 7) is 3.91. The minimum Gasteiger partial charge on any atom is -0.496 e. The summed E-state index contributed by atoms with van der Waals surface area (Å²) in [5.74, 6) is 0.325. The molecular formula is C15H17IN2O3S. The molecule has 0 aliphatic carbocycles. The van der Waals surface area contributed by atoms with Gasteiger partial charge in [0.2, 0.25) is 0 Å². The van der Waals surface area contributed by atoms with Gasteiger partial charge in [0.1, 0.15) is 5.75 Å². The third-order valence-corrected chi connectivity index (χ3v) is 4.16. The number of halogens is 1. The number of allylic oxidation sites excluding steroid dienone is 1. The molecule has 7 heteroatoms. The quantitative estimate of drug-likeness (QED) is 0.434. The van der Waals surface area contributed by atoms with Crippen molar-refractivity contribution in [2.24, 2.45) is 0 Å². The summed E-state index contributed by atoms with van der Waals surface area (Å²) in [5, 5.41) is 6.58. The number of benzene rings is 1. The molecule has 0 aromatic heterocycles. The van der Waals surface area contributed by atoms with Crippen LogP contribution in [-0.4, -0.2) is 24.8 Å². The second-order valence-corrected chi connectivity index (χ2v) is 6.33. The highest BCUT2D eigenvalue weighted by Crippen LogP contribution is 2.34. The maximum absolute atomic E-state index is 12.3. The van der Waals surface area contributed by atoms with E-state index < -0.39 is 6.04 Å². The molecule has 22 heavy (non-hydrogen) atoms. The molecule has 0 radical (unpaired) electrons. The fourth-order valence-corrected chi connectivity index (χ4v) is 3.12. The molecule has 0 spiro atoms. The summed E-state index contributed by atoms with van der Waals surface area (Å²) in [6, 6.07) is 5.39. The van der Waals surface area contributed by atoms with Crippen LogP contribution in [0, 0.1) is 3.57 Å². The topological polar surface area (TPSA) is 59.6 Å². The van der Waals surface area contributed by atoms with Crippen molar-refractivity contribution in [2.45, 2.75) is 19.9 Å². The van der Waals surface area contributed by atoms with Crippen LogP contribution in [0.25, 0.3) is 0 Å². The Morgan fingerprint density at radius 3 is 2.82 bits per heavy atom. The monoisotopic (exact) mass is 432 g/mol. The number of esters is 1. The van der Waals surface area contributed by atoms with Gasteiger partial charge in [0.15, 0.2) is 5.11 Å². The Morgan fingerprint density at radius 2 is 2.18 bits per heavy atom. The minimum absolute atomic E-state index is 0.316.